The zero-order valence-electron chi connectivity index (χ0n) is 18.4. The van der Waals surface area contributed by atoms with Crippen molar-refractivity contribution in [1.82, 2.24) is 4.90 Å². The maximum Gasteiger partial charge on any atom is 0.292 e. The van der Waals surface area contributed by atoms with Gasteiger partial charge in [0.2, 0.25) is 0 Å². The second kappa shape index (κ2) is 10.1. The number of nitro benzene ring substituents is 1. The van der Waals surface area contributed by atoms with E-state index in [2.05, 4.69) is 10.2 Å². The number of amides is 1. The molecular weight excluding hydrogens is 424 g/mol. The van der Waals surface area contributed by atoms with Crippen LogP contribution in [0.4, 0.5) is 17.1 Å². The van der Waals surface area contributed by atoms with Gasteiger partial charge in [-0.3, -0.25) is 14.9 Å². The average molecular weight is 450 g/mol. The van der Waals surface area contributed by atoms with Crippen molar-refractivity contribution in [1.29, 1.82) is 0 Å². The largest absolute Gasteiger partial charge is 0.494 e. The van der Waals surface area contributed by atoms with Crippen LogP contribution in [0.3, 0.4) is 0 Å². The van der Waals surface area contributed by atoms with E-state index >= 15 is 0 Å². The summed E-state index contributed by atoms with van der Waals surface area (Å²) < 4.78 is 10.8. The number of nitrogens with one attached hydrogen (secondary N) is 1. The molecule has 1 N–H and O–H groups in total. The molecule has 1 fully saturated rings. The van der Waals surface area contributed by atoms with Crippen molar-refractivity contribution in [3.63, 3.8) is 0 Å². The van der Waals surface area contributed by atoms with E-state index in [1.807, 2.05) is 30.0 Å². The van der Waals surface area contributed by atoms with Gasteiger partial charge in [0.25, 0.3) is 11.6 Å². The summed E-state index contributed by atoms with van der Waals surface area (Å²) in [5.74, 6) is 1.35. The molecule has 2 heterocycles. The van der Waals surface area contributed by atoms with Crippen LogP contribution in [0.1, 0.15) is 23.0 Å². The zero-order chi connectivity index (χ0) is 23.2. The number of hydrogen-bond donors (Lipinski definition) is 1. The predicted molar refractivity (Wildman–Crippen MR) is 125 cm³/mol. The zero-order valence-corrected chi connectivity index (χ0v) is 18.4. The molecule has 2 aromatic carbocycles. The number of nitro groups is 1. The summed E-state index contributed by atoms with van der Waals surface area (Å²) in [5.41, 5.74) is 1.91. The Balaban J connectivity index is 1.42. The maximum absolute atomic E-state index is 12.9. The molecule has 0 aliphatic carbocycles. The van der Waals surface area contributed by atoms with Crippen LogP contribution in [0.25, 0.3) is 0 Å². The second-order valence-corrected chi connectivity index (χ2v) is 7.63. The highest BCUT2D eigenvalue weighted by Gasteiger charge is 2.24. The van der Waals surface area contributed by atoms with E-state index in [1.165, 1.54) is 6.07 Å². The first-order valence-electron chi connectivity index (χ1n) is 10.9. The van der Waals surface area contributed by atoms with Crippen LogP contribution in [0.15, 0.2) is 65.3 Å². The summed E-state index contributed by atoms with van der Waals surface area (Å²) in [5, 5.41) is 14.6. The van der Waals surface area contributed by atoms with Crippen molar-refractivity contribution in [2.75, 3.05) is 43.0 Å². The van der Waals surface area contributed by atoms with Crippen molar-refractivity contribution in [3.05, 3.63) is 82.3 Å². The van der Waals surface area contributed by atoms with E-state index in [1.54, 1.807) is 36.6 Å². The third-order valence-electron chi connectivity index (χ3n) is 5.53. The molecule has 33 heavy (non-hydrogen) atoms. The summed E-state index contributed by atoms with van der Waals surface area (Å²) in [7, 11) is 0. The molecule has 9 nitrogen and oxygen atoms in total. The first-order valence-corrected chi connectivity index (χ1v) is 10.9. The number of rotatable bonds is 8. The van der Waals surface area contributed by atoms with Gasteiger partial charge in [0.1, 0.15) is 17.2 Å². The van der Waals surface area contributed by atoms with Crippen molar-refractivity contribution in [3.8, 4) is 5.75 Å². The van der Waals surface area contributed by atoms with Gasteiger partial charge in [-0.25, -0.2) is 0 Å². The van der Waals surface area contributed by atoms with Crippen molar-refractivity contribution in [2.24, 2.45) is 0 Å². The minimum absolute atomic E-state index is 0.00769. The Morgan fingerprint density at radius 1 is 1.12 bits per heavy atom. The fourth-order valence-corrected chi connectivity index (χ4v) is 3.85. The first kappa shape index (κ1) is 22.2. The molecule has 172 valence electrons. The van der Waals surface area contributed by atoms with Gasteiger partial charge in [0.05, 0.1) is 24.3 Å². The second-order valence-electron chi connectivity index (χ2n) is 7.63. The standard InChI is InChI=1S/C24H26N4O5/c1-2-32-20-6-3-5-18(15-20)24(29)27-12-10-26(11-13-27)19-8-9-23(28(30)31)22(16-19)25-17-21-7-4-14-33-21/h3-9,14-16,25H,2,10-13,17H2,1H3. The number of nitrogens with zero attached hydrogens (tertiary/aromatic N) is 3. The molecule has 4 rings (SSSR count). The van der Waals surface area contributed by atoms with E-state index in [0.717, 1.165) is 5.69 Å². The summed E-state index contributed by atoms with van der Waals surface area (Å²) >= 11 is 0. The Morgan fingerprint density at radius 3 is 2.64 bits per heavy atom. The van der Waals surface area contributed by atoms with E-state index in [-0.39, 0.29) is 11.6 Å². The molecule has 0 radical (unpaired) electrons. The third-order valence-corrected chi connectivity index (χ3v) is 5.53. The summed E-state index contributed by atoms with van der Waals surface area (Å²) in [4.78, 5) is 27.9. The van der Waals surface area contributed by atoms with Gasteiger partial charge in [-0.1, -0.05) is 6.07 Å². The normalized spacial score (nSPS) is 13.6. The fraction of sp³-hybridized carbons (Fsp3) is 0.292. The molecule has 1 aliphatic rings. The molecule has 1 saturated heterocycles. The highest BCUT2D eigenvalue weighted by Crippen LogP contribution is 2.31. The summed E-state index contributed by atoms with van der Waals surface area (Å²) in [6, 6.07) is 15.8. The van der Waals surface area contributed by atoms with Gasteiger partial charge >= 0.3 is 0 Å². The van der Waals surface area contributed by atoms with Gasteiger partial charge in [-0.15, -0.1) is 0 Å². The SMILES string of the molecule is CCOc1cccc(C(=O)N2CCN(c3ccc([N+](=O)[O-])c(NCc4ccco4)c3)CC2)c1. The number of piperazine rings is 1. The smallest absolute Gasteiger partial charge is 0.292 e. The van der Waals surface area contributed by atoms with Crippen molar-refractivity contribution >= 4 is 23.0 Å². The Labute approximate surface area is 191 Å². The third kappa shape index (κ3) is 5.25. The van der Waals surface area contributed by atoms with Crippen LogP contribution in [0.5, 0.6) is 5.75 Å². The van der Waals surface area contributed by atoms with Crippen LogP contribution < -0.4 is 15.0 Å². The van der Waals surface area contributed by atoms with Crippen molar-refractivity contribution in [2.45, 2.75) is 13.5 Å². The minimum atomic E-state index is -0.402. The Kier molecular flexibility index (Phi) is 6.77. The number of carbonyl (C=O) groups is 1. The van der Waals surface area contributed by atoms with Gasteiger partial charge in [0, 0.05) is 43.5 Å². The Bertz CT molecular complexity index is 1110. The lowest BCUT2D eigenvalue weighted by Gasteiger charge is -2.36. The van der Waals surface area contributed by atoms with E-state index < -0.39 is 4.92 Å². The maximum atomic E-state index is 12.9. The van der Waals surface area contributed by atoms with Crippen LogP contribution >= 0.6 is 0 Å². The molecule has 0 bridgehead atoms. The molecule has 1 amide bonds. The van der Waals surface area contributed by atoms with Crippen LogP contribution in [-0.4, -0.2) is 48.5 Å². The molecule has 1 aliphatic heterocycles. The molecular formula is C24H26N4O5. The van der Waals surface area contributed by atoms with Crippen LogP contribution in [0.2, 0.25) is 0 Å². The van der Waals surface area contributed by atoms with Gasteiger partial charge in [-0.2, -0.15) is 0 Å². The average Bonchev–Trinajstić information content (AvgIpc) is 3.36. The number of furan rings is 1. The Morgan fingerprint density at radius 2 is 1.94 bits per heavy atom. The van der Waals surface area contributed by atoms with Crippen LogP contribution in [-0.2, 0) is 6.54 Å². The van der Waals surface area contributed by atoms with Gasteiger partial charge < -0.3 is 24.3 Å². The lowest BCUT2D eigenvalue weighted by atomic mass is 10.1. The van der Waals surface area contributed by atoms with Crippen LogP contribution in [0, 0.1) is 10.1 Å². The highest BCUT2D eigenvalue weighted by atomic mass is 16.6. The van der Waals surface area contributed by atoms with Gasteiger partial charge in [-0.05, 0) is 49.4 Å². The fourth-order valence-electron chi connectivity index (χ4n) is 3.85. The molecule has 0 unspecified atom stereocenters. The molecule has 9 heteroatoms. The predicted octanol–water partition coefficient (Wildman–Crippen LogP) is 4.16. The molecule has 3 aromatic rings. The quantitative estimate of drug-likeness (QED) is 0.406. The molecule has 0 spiro atoms. The lowest BCUT2D eigenvalue weighted by molar-refractivity contribution is -0.384. The molecule has 1 aromatic heterocycles. The number of anilines is 2. The Hall–Kier alpha value is -4.01. The van der Waals surface area contributed by atoms with Gasteiger partial charge in [0.15, 0.2) is 0 Å². The molecule has 0 saturated carbocycles. The number of hydrogen-bond acceptors (Lipinski definition) is 7. The monoisotopic (exact) mass is 450 g/mol. The van der Waals surface area contributed by atoms with E-state index in [4.69, 9.17) is 9.15 Å². The molecule has 0 atom stereocenters. The number of ether oxygens (including phenoxy) is 1. The number of benzene rings is 2. The summed E-state index contributed by atoms with van der Waals surface area (Å²) in [6.07, 6.45) is 1.57. The van der Waals surface area contributed by atoms with E-state index in [0.29, 0.717) is 62.1 Å². The minimum Gasteiger partial charge on any atom is -0.494 e. The lowest BCUT2D eigenvalue weighted by Crippen LogP contribution is -2.48. The summed E-state index contributed by atoms with van der Waals surface area (Å²) in [6.45, 7) is 5.18. The van der Waals surface area contributed by atoms with E-state index in [9.17, 15) is 14.9 Å². The number of carbonyl (C=O) groups excluding carboxylic acids is 1. The van der Waals surface area contributed by atoms with Crippen molar-refractivity contribution < 1.29 is 18.9 Å². The first-order chi connectivity index (χ1) is 16.0. The highest BCUT2D eigenvalue weighted by molar-refractivity contribution is 5.94. The topological polar surface area (TPSA) is 101 Å².